The van der Waals surface area contributed by atoms with Crippen LogP contribution in [0.1, 0.15) is 37.4 Å². The summed E-state index contributed by atoms with van der Waals surface area (Å²) in [6, 6.07) is 17.6. The lowest BCUT2D eigenvalue weighted by atomic mass is 10.1. The van der Waals surface area contributed by atoms with E-state index in [2.05, 4.69) is 5.32 Å². The maximum atomic E-state index is 12.4. The number of carbonyl (C=O) groups is 1. The first kappa shape index (κ1) is 16.1. The number of nitrogens with one attached hydrogen (secondary N) is 1. The Kier molecular flexibility index (Phi) is 5.59. The van der Waals surface area contributed by atoms with Crippen LogP contribution in [0.15, 0.2) is 54.6 Å². The Balaban J connectivity index is 2.00. The maximum Gasteiger partial charge on any atom is 0.261 e. The molecule has 1 amide bonds. The number of carbonyl (C=O) groups excluding carboxylic acids is 1. The topological polar surface area (TPSA) is 38.3 Å². The van der Waals surface area contributed by atoms with Crippen molar-refractivity contribution in [1.29, 1.82) is 0 Å². The van der Waals surface area contributed by atoms with Crippen LogP contribution in [0.25, 0.3) is 0 Å². The summed E-state index contributed by atoms with van der Waals surface area (Å²) in [5, 5.41) is 3.02. The highest BCUT2D eigenvalue weighted by Gasteiger charge is 2.20. The Hall–Kier alpha value is -2.29. The number of aryl methyl sites for hydroxylation is 1. The highest BCUT2D eigenvalue weighted by molar-refractivity contribution is 5.81. The first-order valence-electron chi connectivity index (χ1n) is 7.68. The molecular weight excluding hydrogens is 274 g/mol. The van der Waals surface area contributed by atoms with Crippen LogP contribution in [0.2, 0.25) is 0 Å². The molecule has 2 aromatic carbocycles. The lowest BCUT2D eigenvalue weighted by Gasteiger charge is -2.21. The van der Waals surface area contributed by atoms with Gasteiger partial charge in [-0.15, -0.1) is 0 Å². The van der Waals surface area contributed by atoms with Crippen LogP contribution < -0.4 is 10.1 Å². The largest absolute Gasteiger partial charge is 0.481 e. The molecule has 0 saturated heterocycles. The number of hydrogen-bond acceptors (Lipinski definition) is 2. The van der Waals surface area contributed by atoms with E-state index in [0.717, 1.165) is 16.9 Å². The van der Waals surface area contributed by atoms with Crippen LogP contribution >= 0.6 is 0 Å². The first-order valence-corrected chi connectivity index (χ1v) is 7.68. The third-order valence-corrected chi connectivity index (χ3v) is 3.59. The normalized spacial score (nSPS) is 13.2. The Labute approximate surface area is 132 Å². The molecule has 3 heteroatoms. The van der Waals surface area contributed by atoms with E-state index >= 15 is 0 Å². The van der Waals surface area contributed by atoms with Gasteiger partial charge in [0.2, 0.25) is 0 Å². The predicted octanol–water partition coefficient (Wildman–Crippen LogP) is 4.03. The molecule has 0 aliphatic rings. The molecule has 1 N–H and O–H groups in total. The van der Waals surface area contributed by atoms with Crippen LogP contribution in [0, 0.1) is 6.92 Å². The average Bonchev–Trinajstić information content (AvgIpc) is 2.53. The fourth-order valence-electron chi connectivity index (χ4n) is 2.31. The van der Waals surface area contributed by atoms with Crippen molar-refractivity contribution in [3.63, 3.8) is 0 Å². The molecule has 22 heavy (non-hydrogen) atoms. The highest BCUT2D eigenvalue weighted by atomic mass is 16.5. The molecule has 0 unspecified atom stereocenters. The second kappa shape index (κ2) is 7.64. The molecule has 0 saturated carbocycles. The Bertz CT molecular complexity index is 610. The Morgan fingerprint density at radius 3 is 2.50 bits per heavy atom. The Morgan fingerprint density at radius 1 is 1.14 bits per heavy atom. The van der Waals surface area contributed by atoms with Gasteiger partial charge in [-0.2, -0.15) is 0 Å². The summed E-state index contributed by atoms with van der Waals surface area (Å²) in [7, 11) is 0. The lowest BCUT2D eigenvalue weighted by molar-refractivity contribution is -0.128. The van der Waals surface area contributed by atoms with E-state index in [1.165, 1.54) is 0 Å². The van der Waals surface area contributed by atoms with Crippen molar-refractivity contribution >= 4 is 5.91 Å². The zero-order chi connectivity index (χ0) is 15.9. The van der Waals surface area contributed by atoms with Crippen LogP contribution in [0.5, 0.6) is 5.75 Å². The minimum Gasteiger partial charge on any atom is -0.481 e. The van der Waals surface area contributed by atoms with Gasteiger partial charge in [-0.3, -0.25) is 4.79 Å². The summed E-state index contributed by atoms with van der Waals surface area (Å²) >= 11 is 0. The van der Waals surface area contributed by atoms with Crippen LogP contribution in [0.4, 0.5) is 0 Å². The van der Waals surface area contributed by atoms with Gasteiger partial charge in [-0.1, -0.05) is 49.4 Å². The van der Waals surface area contributed by atoms with Gasteiger partial charge in [0.15, 0.2) is 6.10 Å². The molecule has 0 radical (unpaired) electrons. The van der Waals surface area contributed by atoms with E-state index in [9.17, 15) is 4.79 Å². The second-order valence-electron chi connectivity index (χ2n) is 5.47. The molecule has 0 aliphatic carbocycles. The van der Waals surface area contributed by atoms with Crippen molar-refractivity contribution in [3.05, 3.63) is 65.7 Å². The lowest BCUT2D eigenvalue weighted by Crippen LogP contribution is -2.39. The minimum absolute atomic E-state index is 0.0381. The van der Waals surface area contributed by atoms with E-state index in [4.69, 9.17) is 4.74 Å². The summed E-state index contributed by atoms with van der Waals surface area (Å²) in [5.41, 5.74) is 2.20. The van der Waals surface area contributed by atoms with Crippen molar-refractivity contribution in [1.82, 2.24) is 5.32 Å². The van der Waals surface area contributed by atoms with E-state index in [1.54, 1.807) is 0 Å². The van der Waals surface area contributed by atoms with E-state index in [0.29, 0.717) is 6.42 Å². The summed E-state index contributed by atoms with van der Waals surface area (Å²) in [6.07, 6.45) is 0.148. The molecule has 0 heterocycles. The van der Waals surface area contributed by atoms with Crippen molar-refractivity contribution in [3.8, 4) is 5.75 Å². The molecule has 116 valence electrons. The summed E-state index contributed by atoms with van der Waals surface area (Å²) in [4.78, 5) is 12.4. The van der Waals surface area contributed by atoms with Crippen LogP contribution in [0.3, 0.4) is 0 Å². The van der Waals surface area contributed by atoms with Crippen molar-refractivity contribution in [2.75, 3.05) is 0 Å². The number of rotatable bonds is 6. The molecule has 0 aliphatic heterocycles. The van der Waals surface area contributed by atoms with Crippen molar-refractivity contribution < 1.29 is 9.53 Å². The van der Waals surface area contributed by atoms with Gasteiger partial charge in [-0.05, 0) is 43.5 Å². The summed E-state index contributed by atoms with van der Waals surface area (Å²) in [6.45, 7) is 5.94. The molecule has 0 bridgehead atoms. The molecule has 0 fully saturated rings. The smallest absolute Gasteiger partial charge is 0.261 e. The zero-order valence-corrected chi connectivity index (χ0v) is 13.4. The van der Waals surface area contributed by atoms with Gasteiger partial charge in [0.05, 0.1) is 6.04 Å². The number of amides is 1. The van der Waals surface area contributed by atoms with E-state index < -0.39 is 6.10 Å². The molecule has 3 nitrogen and oxygen atoms in total. The third kappa shape index (κ3) is 4.35. The molecule has 0 aromatic heterocycles. The fourth-order valence-corrected chi connectivity index (χ4v) is 2.31. The standard InChI is InChI=1S/C19H23NO2/c1-4-18(22-17-12-8-9-14(2)13-17)19(21)20-15(3)16-10-6-5-7-11-16/h5-13,15,18H,4H2,1-3H3,(H,20,21)/t15-,18+/m1/s1. The maximum absolute atomic E-state index is 12.4. The first-order chi connectivity index (χ1) is 10.6. The molecule has 2 rings (SSSR count). The molecule has 0 spiro atoms. The fraction of sp³-hybridized carbons (Fsp3) is 0.316. The third-order valence-electron chi connectivity index (χ3n) is 3.59. The number of hydrogen-bond donors (Lipinski definition) is 1. The van der Waals surface area contributed by atoms with Gasteiger partial charge in [0.25, 0.3) is 5.91 Å². The van der Waals surface area contributed by atoms with Gasteiger partial charge in [0.1, 0.15) is 5.75 Å². The summed E-state index contributed by atoms with van der Waals surface area (Å²) < 4.78 is 5.83. The second-order valence-corrected chi connectivity index (χ2v) is 5.47. The van der Waals surface area contributed by atoms with E-state index in [-0.39, 0.29) is 11.9 Å². The van der Waals surface area contributed by atoms with Crippen molar-refractivity contribution in [2.45, 2.75) is 39.3 Å². The quantitative estimate of drug-likeness (QED) is 0.874. The van der Waals surface area contributed by atoms with Crippen LogP contribution in [-0.4, -0.2) is 12.0 Å². The monoisotopic (exact) mass is 297 g/mol. The molecular formula is C19H23NO2. The Morgan fingerprint density at radius 2 is 1.86 bits per heavy atom. The number of benzene rings is 2. The summed E-state index contributed by atoms with van der Waals surface area (Å²) in [5.74, 6) is 0.648. The molecule has 2 atom stereocenters. The van der Waals surface area contributed by atoms with Gasteiger partial charge in [-0.25, -0.2) is 0 Å². The van der Waals surface area contributed by atoms with Gasteiger partial charge in [0, 0.05) is 0 Å². The van der Waals surface area contributed by atoms with E-state index in [1.807, 2.05) is 75.4 Å². The zero-order valence-electron chi connectivity index (χ0n) is 13.4. The number of ether oxygens (including phenoxy) is 1. The van der Waals surface area contributed by atoms with Crippen LogP contribution in [-0.2, 0) is 4.79 Å². The van der Waals surface area contributed by atoms with Crippen molar-refractivity contribution in [2.24, 2.45) is 0 Å². The highest BCUT2D eigenvalue weighted by Crippen LogP contribution is 2.17. The SMILES string of the molecule is CC[C@H](Oc1cccc(C)c1)C(=O)N[C@H](C)c1ccccc1. The minimum atomic E-state index is -0.479. The van der Waals surface area contributed by atoms with Gasteiger partial charge >= 0.3 is 0 Å². The predicted molar refractivity (Wildman–Crippen MR) is 88.9 cm³/mol. The molecule has 2 aromatic rings. The van der Waals surface area contributed by atoms with Gasteiger partial charge < -0.3 is 10.1 Å². The average molecular weight is 297 g/mol.